The number of nitrogens with zero attached hydrogens (tertiary/aromatic N) is 3. The van der Waals surface area contributed by atoms with Crippen molar-refractivity contribution < 1.29 is 19.4 Å². The lowest BCUT2D eigenvalue weighted by molar-refractivity contribution is -0.119. The molecule has 2 aromatic heterocycles. The van der Waals surface area contributed by atoms with Crippen molar-refractivity contribution >= 4 is 29.1 Å². The fourth-order valence-electron chi connectivity index (χ4n) is 6.40. The molecule has 0 unspecified atom stereocenters. The number of carbonyl (C=O) groups excluding carboxylic acids is 2. The fraction of sp³-hybridized carbons (Fsp3) is 0.324. The van der Waals surface area contributed by atoms with Crippen LogP contribution in [0.15, 0.2) is 58.3 Å². The molecule has 4 aromatic rings. The summed E-state index contributed by atoms with van der Waals surface area (Å²) in [4.78, 5) is 54.3. The maximum Gasteiger partial charge on any atom is 0.330 e. The zero-order valence-electron chi connectivity index (χ0n) is 26.4. The normalized spacial score (nSPS) is 18.6. The number of halogens is 1. The van der Waals surface area contributed by atoms with E-state index in [4.69, 9.17) is 21.3 Å². The third-order valence-corrected chi connectivity index (χ3v) is 9.34. The number of carbonyl (C=O) groups is 2. The number of amides is 2. The summed E-state index contributed by atoms with van der Waals surface area (Å²) in [6.45, 7) is 2.36. The van der Waals surface area contributed by atoms with Gasteiger partial charge < -0.3 is 30.4 Å². The van der Waals surface area contributed by atoms with Crippen LogP contribution in [0, 0.1) is 6.92 Å². The Labute approximate surface area is 275 Å². The van der Waals surface area contributed by atoms with Crippen molar-refractivity contribution in [2.24, 2.45) is 14.1 Å². The Bertz CT molecular complexity index is 2040. The maximum atomic E-state index is 13.2. The van der Waals surface area contributed by atoms with Gasteiger partial charge in [0.05, 0.1) is 30.0 Å². The van der Waals surface area contributed by atoms with Crippen LogP contribution in [-0.4, -0.2) is 56.8 Å². The van der Waals surface area contributed by atoms with E-state index in [0.29, 0.717) is 52.8 Å². The lowest BCUT2D eigenvalue weighted by Gasteiger charge is -2.22. The monoisotopic (exact) mass is 658 g/mol. The molecule has 0 radical (unpaired) electrons. The highest BCUT2D eigenvalue weighted by Crippen LogP contribution is 2.43. The van der Waals surface area contributed by atoms with Gasteiger partial charge in [0, 0.05) is 68.1 Å². The van der Waals surface area contributed by atoms with Gasteiger partial charge in [0.2, 0.25) is 11.8 Å². The zero-order valence-corrected chi connectivity index (χ0v) is 27.1. The summed E-state index contributed by atoms with van der Waals surface area (Å²) in [5.41, 5.74) is 4.19. The number of ether oxygens (including phenoxy) is 1. The van der Waals surface area contributed by atoms with Gasteiger partial charge in [-0.2, -0.15) is 0 Å². The number of aliphatic hydroxyl groups is 1. The highest BCUT2D eigenvalue weighted by molar-refractivity contribution is 6.36. The molecular formula is C34H35ClN6O6. The Hall–Kier alpha value is -4.78. The van der Waals surface area contributed by atoms with Crippen molar-refractivity contribution in [3.8, 4) is 28.3 Å². The Kier molecular flexibility index (Phi) is 8.75. The maximum absolute atomic E-state index is 13.2. The number of hydrogen-bond acceptors (Lipinski definition) is 8. The summed E-state index contributed by atoms with van der Waals surface area (Å²) >= 11 is 7.07. The molecule has 12 nitrogen and oxygen atoms in total. The number of aryl methyl sites for hydroxylation is 1. The third kappa shape index (κ3) is 5.95. The van der Waals surface area contributed by atoms with Crippen LogP contribution in [0.3, 0.4) is 0 Å². The van der Waals surface area contributed by atoms with Gasteiger partial charge in [0.1, 0.15) is 5.56 Å². The van der Waals surface area contributed by atoms with E-state index in [1.165, 1.54) is 32.0 Å². The van der Waals surface area contributed by atoms with Crippen LogP contribution in [0.4, 0.5) is 5.69 Å². The molecule has 4 N–H and O–H groups in total. The predicted molar refractivity (Wildman–Crippen MR) is 178 cm³/mol. The number of nitrogens with one attached hydrogen (secondary N) is 3. The predicted octanol–water partition coefficient (Wildman–Crippen LogP) is 2.86. The molecule has 244 valence electrons. The molecule has 47 heavy (non-hydrogen) atoms. The third-order valence-electron chi connectivity index (χ3n) is 8.93. The SMILES string of the molecule is COc1nc(-c2cccc(-c3cccc(NC(=O)c4cn(C)c(=O)n(C)c4=O)c3C)c2Cl)cc2c1[C@H](NC[C@@H]1CCC(=O)N1)[C@H](O)C2. The number of anilines is 1. The van der Waals surface area contributed by atoms with E-state index in [2.05, 4.69) is 16.0 Å². The molecule has 2 amide bonds. The molecule has 6 rings (SSSR count). The zero-order chi connectivity index (χ0) is 33.6. The first-order valence-corrected chi connectivity index (χ1v) is 15.6. The van der Waals surface area contributed by atoms with E-state index < -0.39 is 29.3 Å². The lowest BCUT2D eigenvalue weighted by Crippen LogP contribution is -2.40. The van der Waals surface area contributed by atoms with E-state index >= 15 is 0 Å². The van der Waals surface area contributed by atoms with Crippen LogP contribution in [-0.2, 0) is 25.3 Å². The van der Waals surface area contributed by atoms with Gasteiger partial charge in [-0.05, 0) is 42.2 Å². The number of benzene rings is 2. The second-order valence-corrected chi connectivity index (χ2v) is 12.3. The van der Waals surface area contributed by atoms with Crippen molar-refractivity contribution in [1.29, 1.82) is 0 Å². The quantitative estimate of drug-likeness (QED) is 0.225. The Balaban J connectivity index is 1.31. The molecule has 1 aliphatic heterocycles. The summed E-state index contributed by atoms with van der Waals surface area (Å²) in [5, 5.41) is 20.6. The second kappa shape index (κ2) is 12.8. The van der Waals surface area contributed by atoms with Crippen LogP contribution in [0.25, 0.3) is 22.4 Å². The number of aliphatic hydroxyl groups excluding tert-OH is 1. The summed E-state index contributed by atoms with van der Waals surface area (Å²) in [6, 6.07) is 12.5. The van der Waals surface area contributed by atoms with Crippen LogP contribution >= 0.6 is 11.6 Å². The molecule has 3 heterocycles. The highest BCUT2D eigenvalue weighted by atomic mass is 35.5. The van der Waals surface area contributed by atoms with Crippen LogP contribution < -0.4 is 31.9 Å². The van der Waals surface area contributed by atoms with E-state index in [1.54, 1.807) is 12.1 Å². The number of methoxy groups -OCH3 is 1. The minimum absolute atomic E-state index is 0.00900. The van der Waals surface area contributed by atoms with Crippen molar-refractivity contribution in [2.75, 3.05) is 19.0 Å². The number of pyridine rings is 1. The minimum atomic E-state index is -0.698. The molecule has 13 heteroatoms. The number of hydrogen-bond donors (Lipinski definition) is 4. The molecule has 0 saturated carbocycles. The average Bonchev–Trinajstić information content (AvgIpc) is 3.62. The molecule has 3 atom stereocenters. The first-order chi connectivity index (χ1) is 22.5. The van der Waals surface area contributed by atoms with Crippen molar-refractivity contribution in [3.63, 3.8) is 0 Å². The average molecular weight is 659 g/mol. The van der Waals surface area contributed by atoms with E-state index in [0.717, 1.165) is 33.2 Å². The Morgan fingerprint density at radius 1 is 1.13 bits per heavy atom. The Morgan fingerprint density at radius 3 is 2.57 bits per heavy atom. The van der Waals surface area contributed by atoms with Gasteiger partial charge in [-0.3, -0.25) is 19.0 Å². The largest absolute Gasteiger partial charge is 0.481 e. The molecule has 0 spiro atoms. The van der Waals surface area contributed by atoms with E-state index in [1.807, 2.05) is 37.3 Å². The topological polar surface area (TPSA) is 157 Å². The Morgan fingerprint density at radius 2 is 1.85 bits per heavy atom. The number of aromatic nitrogens is 3. The van der Waals surface area contributed by atoms with Crippen LogP contribution in [0.1, 0.15) is 45.9 Å². The molecule has 0 bridgehead atoms. The summed E-state index contributed by atoms with van der Waals surface area (Å²) in [6.07, 6.45) is 2.17. The van der Waals surface area contributed by atoms with Gasteiger partial charge in [-0.1, -0.05) is 41.9 Å². The number of rotatable bonds is 8. The van der Waals surface area contributed by atoms with Crippen molar-refractivity contribution in [1.82, 2.24) is 24.8 Å². The van der Waals surface area contributed by atoms with Gasteiger partial charge >= 0.3 is 5.69 Å². The van der Waals surface area contributed by atoms with Gasteiger partial charge in [0.25, 0.3) is 11.5 Å². The first kappa shape index (κ1) is 32.2. The van der Waals surface area contributed by atoms with Gasteiger partial charge in [0.15, 0.2) is 0 Å². The van der Waals surface area contributed by atoms with E-state index in [-0.39, 0.29) is 17.5 Å². The molecule has 2 aliphatic rings. The highest BCUT2D eigenvalue weighted by Gasteiger charge is 2.36. The summed E-state index contributed by atoms with van der Waals surface area (Å²) in [7, 11) is 4.34. The van der Waals surface area contributed by atoms with Gasteiger partial charge in [-0.25, -0.2) is 9.78 Å². The second-order valence-electron chi connectivity index (χ2n) is 11.9. The van der Waals surface area contributed by atoms with Crippen LogP contribution in [0.5, 0.6) is 5.88 Å². The summed E-state index contributed by atoms with van der Waals surface area (Å²) in [5.74, 6) is -0.222. The minimum Gasteiger partial charge on any atom is -0.481 e. The molecule has 2 aromatic carbocycles. The summed E-state index contributed by atoms with van der Waals surface area (Å²) < 4.78 is 7.79. The molecular weight excluding hydrogens is 624 g/mol. The smallest absolute Gasteiger partial charge is 0.330 e. The number of fused-ring (bicyclic) bond motifs is 1. The molecule has 1 aliphatic carbocycles. The van der Waals surface area contributed by atoms with Crippen molar-refractivity contribution in [3.05, 3.63) is 96.8 Å². The standard InChI is InChI=1S/C34H35ClN6O6/c1-17-20(7-6-10-24(17)38-31(44)23-16-40(2)34(46)41(3)33(23)45)21-8-5-9-22(29(21)35)25-13-18-14-26(42)30(28(18)32(39-25)47-4)36-15-19-11-12-27(43)37-19/h5-10,13,16,19,26,30,36,42H,11-12,14-15H2,1-4H3,(H,37,43)(H,38,44)/t19-,26+,30+/m0/s1. The fourth-order valence-corrected chi connectivity index (χ4v) is 6.73. The van der Waals surface area contributed by atoms with Gasteiger partial charge in [-0.15, -0.1) is 0 Å². The first-order valence-electron chi connectivity index (χ1n) is 15.2. The molecule has 1 fully saturated rings. The lowest BCUT2D eigenvalue weighted by atomic mass is 9.96. The molecule has 1 saturated heterocycles. The van der Waals surface area contributed by atoms with Crippen molar-refractivity contribution in [2.45, 2.75) is 44.4 Å². The van der Waals surface area contributed by atoms with E-state index in [9.17, 15) is 24.3 Å². The van der Waals surface area contributed by atoms with Crippen LogP contribution in [0.2, 0.25) is 5.02 Å².